The molecule has 1 rings (SSSR count). The van der Waals surface area contributed by atoms with Crippen LogP contribution in [0.15, 0.2) is 18.2 Å². The fourth-order valence-electron chi connectivity index (χ4n) is 1.06. The van der Waals surface area contributed by atoms with Crippen molar-refractivity contribution in [2.75, 3.05) is 20.7 Å². The van der Waals surface area contributed by atoms with Gasteiger partial charge in [-0.2, -0.15) is 0 Å². The minimum absolute atomic E-state index is 0.00526. The zero-order valence-electron chi connectivity index (χ0n) is 9.37. The third-order valence-electron chi connectivity index (χ3n) is 2.11. The van der Waals surface area contributed by atoms with Crippen LogP contribution in [0.2, 0.25) is 5.02 Å². The lowest BCUT2D eigenvalue weighted by Crippen LogP contribution is -2.27. The number of carbonyl (C=O) groups is 1. The number of benzene rings is 1. The predicted octanol–water partition coefficient (Wildman–Crippen LogP) is 1.27. The van der Waals surface area contributed by atoms with Gasteiger partial charge in [-0.3, -0.25) is 4.79 Å². The van der Waals surface area contributed by atoms with Gasteiger partial charge in [-0.25, -0.2) is 0 Å². The van der Waals surface area contributed by atoms with E-state index in [1.54, 1.807) is 32.3 Å². The SMILES string of the molecule is CN(C)C(=O)COc1ccc(CN)c(Cl)c1. The molecular weight excluding hydrogens is 228 g/mol. The second kappa shape index (κ2) is 5.72. The third-order valence-corrected chi connectivity index (χ3v) is 2.46. The van der Waals surface area contributed by atoms with Gasteiger partial charge in [-0.15, -0.1) is 0 Å². The number of likely N-dealkylation sites (N-methyl/N-ethyl adjacent to an activating group) is 1. The van der Waals surface area contributed by atoms with E-state index in [1.165, 1.54) is 4.90 Å². The zero-order chi connectivity index (χ0) is 12.1. The van der Waals surface area contributed by atoms with Gasteiger partial charge < -0.3 is 15.4 Å². The summed E-state index contributed by atoms with van der Waals surface area (Å²) in [6, 6.07) is 5.20. The summed E-state index contributed by atoms with van der Waals surface area (Å²) < 4.78 is 5.29. The van der Waals surface area contributed by atoms with E-state index in [4.69, 9.17) is 22.1 Å². The van der Waals surface area contributed by atoms with Crippen LogP contribution in [0, 0.1) is 0 Å². The summed E-state index contributed by atoms with van der Waals surface area (Å²) >= 11 is 5.95. The monoisotopic (exact) mass is 242 g/mol. The maximum absolute atomic E-state index is 11.3. The average Bonchev–Trinajstić information content (AvgIpc) is 2.25. The van der Waals surface area contributed by atoms with Crippen molar-refractivity contribution in [3.63, 3.8) is 0 Å². The summed E-state index contributed by atoms with van der Waals surface area (Å²) in [5.74, 6) is 0.469. The fraction of sp³-hybridized carbons (Fsp3) is 0.364. The molecule has 0 saturated heterocycles. The molecule has 0 atom stereocenters. The van der Waals surface area contributed by atoms with Crippen molar-refractivity contribution in [2.24, 2.45) is 5.73 Å². The molecule has 1 aromatic rings. The Morgan fingerprint density at radius 2 is 2.19 bits per heavy atom. The molecule has 0 unspecified atom stereocenters. The molecule has 0 radical (unpaired) electrons. The van der Waals surface area contributed by atoms with Crippen LogP contribution in [0.4, 0.5) is 0 Å². The molecular formula is C11H15ClN2O2. The predicted molar refractivity (Wildman–Crippen MR) is 63.5 cm³/mol. The molecule has 0 aliphatic heterocycles. The van der Waals surface area contributed by atoms with Crippen molar-refractivity contribution in [1.29, 1.82) is 0 Å². The van der Waals surface area contributed by atoms with Gasteiger partial charge in [-0.1, -0.05) is 17.7 Å². The van der Waals surface area contributed by atoms with Crippen LogP contribution in [0.3, 0.4) is 0 Å². The first-order valence-electron chi connectivity index (χ1n) is 4.86. The van der Waals surface area contributed by atoms with Gasteiger partial charge in [0, 0.05) is 25.7 Å². The lowest BCUT2D eigenvalue weighted by Gasteiger charge is -2.12. The molecule has 5 heteroatoms. The number of amides is 1. The van der Waals surface area contributed by atoms with Crippen molar-refractivity contribution in [3.8, 4) is 5.75 Å². The lowest BCUT2D eigenvalue weighted by atomic mass is 10.2. The lowest BCUT2D eigenvalue weighted by molar-refractivity contribution is -0.130. The number of carbonyl (C=O) groups excluding carboxylic acids is 1. The highest BCUT2D eigenvalue weighted by Crippen LogP contribution is 2.22. The topological polar surface area (TPSA) is 55.6 Å². The Morgan fingerprint density at radius 1 is 1.50 bits per heavy atom. The van der Waals surface area contributed by atoms with Gasteiger partial charge in [0.2, 0.25) is 0 Å². The summed E-state index contributed by atoms with van der Waals surface area (Å²) in [5.41, 5.74) is 6.33. The van der Waals surface area contributed by atoms with E-state index in [-0.39, 0.29) is 12.5 Å². The second-order valence-electron chi connectivity index (χ2n) is 3.53. The van der Waals surface area contributed by atoms with E-state index in [1.807, 2.05) is 0 Å². The number of nitrogens with zero attached hydrogens (tertiary/aromatic N) is 1. The first kappa shape index (κ1) is 12.8. The molecule has 0 aliphatic carbocycles. The van der Waals surface area contributed by atoms with Crippen LogP contribution < -0.4 is 10.5 Å². The molecule has 2 N–H and O–H groups in total. The van der Waals surface area contributed by atoms with Gasteiger partial charge in [0.05, 0.1) is 0 Å². The van der Waals surface area contributed by atoms with Gasteiger partial charge in [0.15, 0.2) is 6.61 Å². The number of nitrogens with two attached hydrogens (primary N) is 1. The maximum atomic E-state index is 11.3. The molecule has 0 aliphatic rings. The minimum atomic E-state index is -0.0981. The van der Waals surface area contributed by atoms with E-state index in [2.05, 4.69) is 0 Å². The summed E-state index contributed by atoms with van der Waals surface area (Å²) in [7, 11) is 3.35. The van der Waals surface area contributed by atoms with Crippen LogP contribution in [-0.4, -0.2) is 31.5 Å². The minimum Gasteiger partial charge on any atom is -0.484 e. The summed E-state index contributed by atoms with van der Waals surface area (Å²) in [5, 5.41) is 0.553. The average molecular weight is 243 g/mol. The van der Waals surface area contributed by atoms with E-state index in [0.29, 0.717) is 17.3 Å². The molecule has 0 saturated carbocycles. The first-order chi connectivity index (χ1) is 7.54. The van der Waals surface area contributed by atoms with E-state index >= 15 is 0 Å². The summed E-state index contributed by atoms with van der Waals surface area (Å²) in [6.07, 6.45) is 0. The fourth-order valence-corrected chi connectivity index (χ4v) is 1.31. The largest absolute Gasteiger partial charge is 0.484 e. The highest BCUT2D eigenvalue weighted by atomic mass is 35.5. The first-order valence-corrected chi connectivity index (χ1v) is 5.24. The highest BCUT2D eigenvalue weighted by molar-refractivity contribution is 6.31. The number of halogens is 1. The Morgan fingerprint density at radius 3 is 2.69 bits per heavy atom. The standard InChI is InChI=1S/C11H15ClN2O2/c1-14(2)11(15)7-16-9-4-3-8(6-13)10(12)5-9/h3-5H,6-7,13H2,1-2H3. The van der Waals surface area contributed by atoms with Crippen LogP contribution in [0.25, 0.3) is 0 Å². The van der Waals surface area contributed by atoms with E-state index < -0.39 is 0 Å². The van der Waals surface area contributed by atoms with Crippen molar-refractivity contribution < 1.29 is 9.53 Å². The molecule has 0 heterocycles. The van der Waals surface area contributed by atoms with Crippen LogP contribution in [0.5, 0.6) is 5.75 Å². The molecule has 0 spiro atoms. The van der Waals surface area contributed by atoms with Gasteiger partial charge in [0.1, 0.15) is 5.75 Å². The van der Waals surface area contributed by atoms with Crippen LogP contribution in [-0.2, 0) is 11.3 Å². The smallest absolute Gasteiger partial charge is 0.259 e. The number of hydrogen-bond acceptors (Lipinski definition) is 3. The maximum Gasteiger partial charge on any atom is 0.259 e. The van der Waals surface area contributed by atoms with Crippen molar-refractivity contribution >= 4 is 17.5 Å². The quantitative estimate of drug-likeness (QED) is 0.865. The number of ether oxygens (including phenoxy) is 1. The molecule has 88 valence electrons. The molecule has 1 amide bonds. The van der Waals surface area contributed by atoms with Crippen molar-refractivity contribution in [3.05, 3.63) is 28.8 Å². The van der Waals surface area contributed by atoms with E-state index in [9.17, 15) is 4.79 Å². The highest BCUT2D eigenvalue weighted by Gasteiger charge is 2.06. The Balaban J connectivity index is 2.62. The Labute approximate surface area is 99.9 Å². The molecule has 16 heavy (non-hydrogen) atoms. The van der Waals surface area contributed by atoms with Crippen molar-refractivity contribution in [1.82, 2.24) is 4.90 Å². The second-order valence-corrected chi connectivity index (χ2v) is 3.94. The zero-order valence-corrected chi connectivity index (χ0v) is 10.1. The number of rotatable bonds is 4. The van der Waals surface area contributed by atoms with Gasteiger partial charge in [0.25, 0.3) is 5.91 Å². The summed E-state index contributed by atoms with van der Waals surface area (Å²) in [6.45, 7) is 0.390. The third kappa shape index (κ3) is 3.40. The van der Waals surface area contributed by atoms with Crippen molar-refractivity contribution in [2.45, 2.75) is 6.54 Å². The Kier molecular flexibility index (Phi) is 4.58. The molecule has 4 nitrogen and oxygen atoms in total. The Hall–Kier alpha value is -1.26. The molecule has 0 aromatic heterocycles. The molecule has 1 aromatic carbocycles. The normalized spacial score (nSPS) is 10.0. The Bertz CT molecular complexity index is 380. The number of hydrogen-bond donors (Lipinski definition) is 1. The van der Waals surface area contributed by atoms with Gasteiger partial charge in [-0.05, 0) is 17.7 Å². The van der Waals surface area contributed by atoms with E-state index in [0.717, 1.165) is 5.56 Å². The van der Waals surface area contributed by atoms with Crippen LogP contribution in [0.1, 0.15) is 5.56 Å². The molecule has 0 fully saturated rings. The van der Waals surface area contributed by atoms with Gasteiger partial charge >= 0.3 is 0 Å². The summed E-state index contributed by atoms with van der Waals surface area (Å²) in [4.78, 5) is 12.7. The van der Waals surface area contributed by atoms with Crippen LogP contribution >= 0.6 is 11.6 Å². The molecule has 0 bridgehead atoms.